The second kappa shape index (κ2) is 9.29. The lowest BCUT2D eigenvalue weighted by Gasteiger charge is -2.01. The van der Waals surface area contributed by atoms with E-state index in [0.717, 1.165) is 4.88 Å². The Morgan fingerprint density at radius 1 is 1.25 bits per heavy atom. The zero-order chi connectivity index (χ0) is 17.4. The summed E-state index contributed by atoms with van der Waals surface area (Å²) in [6.07, 6.45) is 1.18. The molecule has 0 saturated carbocycles. The van der Waals surface area contributed by atoms with Gasteiger partial charge >= 0.3 is 5.97 Å². The van der Waals surface area contributed by atoms with Crippen LogP contribution in [-0.2, 0) is 20.7 Å². The molecule has 128 valence electrons. The van der Waals surface area contributed by atoms with Crippen molar-refractivity contribution in [1.29, 1.82) is 0 Å². The van der Waals surface area contributed by atoms with Crippen molar-refractivity contribution in [2.24, 2.45) is 0 Å². The van der Waals surface area contributed by atoms with E-state index in [-0.39, 0.29) is 30.5 Å². The highest BCUT2D eigenvalue weighted by molar-refractivity contribution is 7.14. The van der Waals surface area contributed by atoms with E-state index in [9.17, 15) is 14.4 Å². The van der Waals surface area contributed by atoms with Gasteiger partial charge in [0.25, 0.3) is 0 Å². The highest BCUT2D eigenvalue weighted by Gasteiger charge is 2.12. The second-order valence-corrected chi connectivity index (χ2v) is 6.73. The zero-order valence-electron chi connectivity index (χ0n) is 13.2. The highest BCUT2D eigenvalue weighted by atomic mass is 32.1. The zero-order valence-corrected chi connectivity index (χ0v) is 14.9. The summed E-state index contributed by atoms with van der Waals surface area (Å²) in [7, 11) is 0. The van der Waals surface area contributed by atoms with Gasteiger partial charge in [-0.25, -0.2) is 4.98 Å². The Bertz CT molecular complexity index is 695. The van der Waals surface area contributed by atoms with Gasteiger partial charge in [0.1, 0.15) is 0 Å². The highest BCUT2D eigenvalue weighted by Crippen LogP contribution is 2.17. The lowest BCUT2D eigenvalue weighted by molar-refractivity contribution is -0.142. The van der Waals surface area contributed by atoms with Gasteiger partial charge in [-0.05, 0) is 24.8 Å². The molecule has 2 heterocycles. The van der Waals surface area contributed by atoms with Crippen molar-refractivity contribution in [3.8, 4) is 0 Å². The van der Waals surface area contributed by atoms with E-state index in [0.29, 0.717) is 30.3 Å². The molecule has 0 unspecified atom stereocenters. The third-order valence-corrected chi connectivity index (χ3v) is 4.75. The van der Waals surface area contributed by atoms with Gasteiger partial charge in [-0.1, -0.05) is 6.07 Å². The summed E-state index contributed by atoms with van der Waals surface area (Å²) in [5.41, 5.74) is 0.571. The average Bonchev–Trinajstić information content (AvgIpc) is 3.19. The van der Waals surface area contributed by atoms with E-state index in [2.05, 4.69) is 10.3 Å². The Morgan fingerprint density at radius 2 is 2.08 bits per heavy atom. The van der Waals surface area contributed by atoms with E-state index in [1.807, 2.05) is 11.4 Å². The number of ether oxygens (including phenoxy) is 1. The standard InChI is InChI=1S/C16H18N2O4S2/c1-2-22-15(21)9-11-10-24-16(17-11)18-14(20)7-3-5-12(19)13-6-4-8-23-13/h4,6,8,10H,2-3,5,7,9H2,1H3,(H,17,18,20). The minimum absolute atomic E-state index is 0.0590. The van der Waals surface area contributed by atoms with Gasteiger partial charge in [-0.15, -0.1) is 22.7 Å². The number of thiophene rings is 1. The lowest BCUT2D eigenvalue weighted by atomic mass is 10.1. The largest absolute Gasteiger partial charge is 0.466 e. The number of hydrogen-bond donors (Lipinski definition) is 1. The number of ketones is 1. The Labute approximate surface area is 147 Å². The number of amides is 1. The molecule has 0 aromatic carbocycles. The number of carbonyl (C=O) groups excluding carboxylic acids is 3. The molecule has 0 aliphatic rings. The average molecular weight is 366 g/mol. The number of carbonyl (C=O) groups is 3. The smallest absolute Gasteiger partial charge is 0.311 e. The minimum Gasteiger partial charge on any atom is -0.466 e. The molecule has 6 nitrogen and oxygen atoms in total. The van der Waals surface area contributed by atoms with Gasteiger partial charge in [0.2, 0.25) is 5.91 Å². The third kappa shape index (κ3) is 5.86. The van der Waals surface area contributed by atoms with Crippen molar-refractivity contribution in [2.75, 3.05) is 11.9 Å². The van der Waals surface area contributed by atoms with Gasteiger partial charge < -0.3 is 10.1 Å². The van der Waals surface area contributed by atoms with Crippen LogP contribution in [0.25, 0.3) is 0 Å². The quantitative estimate of drug-likeness (QED) is 0.544. The molecule has 0 atom stereocenters. The minimum atomic E-state index is -0.340. The van der Waals surface area contributed by atoms with Crippen molar-refractivity contribution in [1.82, 2.24) is 4.98 Å². The maximum atomic E-state index is 11.9. The monoisotopic (exact) mass is 366 g/mol. The predicted molar refractivity (Wildman–Crippen MR) is 93.6 cm³/mol. The maximum absolute atomic E-state index is 11.9. The molecule has 0 fully saturated rings. The summed E-state index contributed by atoms with van der Waals surface area (Å²) in [6, 6.07) is 3.62. The summed E-state index contributed by atoms with van der Waals surface area (Å²) in [6.45, 7) is 2.07. The summed E-state index contributed by atoms with van der Waals surface area (Å²) < 4.78 is 4.85. The van der Waals surface area contributed by atoms with Crippen LogP contribution in [0.1, 0.15) is 41.6 Å². The number of nitrogens with zero attached hydrogens (tertiary/aromatic N) is 1. The van der Waals surface area contributed by atoms with E-state index in [4.69, 9.17) is 4.74 Å². The van der Waals surface area contributed by atoms with Crippen LogP contribution in [0.15, 0.2) is 22.9 Å². The van der Waals surface area contributed by atoms with E-state index >= 15 is 0 Å². The van der Waals surface area contributed by atoms with Gasteiger partial charge in [-0.2, -0.15) is 0 Å². The first-order chi connectivity index (χ1) is 11.6. The van der Waals surface area contributed by atoms with Crippen LogP contribution in [0.4, 0.5) is 5.13 Å². The van der Waals surface area contributed by atoms with Crippen molar-refractivity contribution < 1.29 is 19.1 Å². The second-order valence-electron chi connectivity index (χ2n) is 4.93. The van der Waals surface area contributed by atoms with Gasteiger partial charge in [0.05, 0.1) is 23.6 Å². The summed E-state index contributed by atoms with van der Waals surface area (Å²) in [5.74, 6) is -0.470. The third-order valence-electron chi connectivity index (χ3n) is 3.03. The molecule has 1 amide bonds. The first-order valence-electron chi connectivity index (χ1n) is 7.55. The molecule has 1 N–H and O–H groups in total. The lowest BCUT2D eigenvalue weighted by Crippen LogP contribution is -2.12. The van der Waals surface area contributed by atoms with Gasteiger partial charge in [-0.3, -0.25) is 14.4 Å². The number of anilines is 1. The molecule has 0 spiro atoms. The molecule has 0 aliphatic heterocycles. The molecule has 0 bridgehead atoms. The maximum Gasteiger partial charge on any atom is 0.311 e. The number of nitrogens with one attached hydrogen (secondary N) is 1. The fourth-order valence-corrected chi connectivity index (χ4v) is 3.38. The Balaban J connectivity index is 1.71. The number of esters is 1. The topological polar surface area (TPSA) is 85.4 Å². The van der Waals surface area contributed by atoms with Crippen LogP contribution in [-0.4, -0.2) is 29.3 Å². The molecule has 2 rings (SSSR count). The molecule has 8 heteroatoms. The van der Waals surface area contributed by atoms with E-state index in [1.165, 1.54) is 22.7 Å². The number of hydrogen-bond acceptors (Lipinski definition) is 7. The summed E-state index contributed by atoms with van der Waals surface area (Å²) >= 11 is 2.67. The van der Waals surface area contributed by atoms with Crippen molar-refractivity contribution >= 4 is 45.5 Å². The van der Waals surface area contributed by atoms with E-state index < -0.39 is 0 Å². The Morgan fingerprint density at radius 3 is 2.79 bits per heavy atom. The van der Waals surface area contributed by atoms with Crippen molar-refractivity contribution in [2.45, 2.75) is 32.6 Å². The fraction of sp³-hybridized carbons (Fsp3) is 0.375. The van der Waals surface area contributed by atoms with Crippen LogP contribution >= 0.6 is 22.7 Å². The molecule has 2 aromatic rings. The Kier molecular flexibility index (Phi) is 7.07. The summed E-state index contributed by atoms with van der Waals surface area (Å²) in [5, 5.41) is 6.70. The Hall–Kier alpha value is -2.06. The van der Waals surface area contributed by atoms with Crippen LogP contribution in [0.5, 0.6) is 0 Å². The predicted octanol–water partition coefficient (Wildman–Crippen LogP) is 3.30. The van der Waals surface area contributed by atoms with E-state index in [1.54, 1.807) is 18.4 Å². The van der Waals surface area contributed by atoms with Crippen LogP contribution in [0.2, 0.25) is 0 Å². The number of thiazole rings is 1. The summed E-state index contributed by atoms with van der Waals surface area (Å²) in [4.78, 5) is 40.0. The van der Waals surface area contributed by atoms with Crippen molar-refractivity contribution in [3.05, 3.63) is 33.5 Å². The normalized spacial score (nSPS) is 10.4. The van der Waals surface area contributed by atoms with Crippen molar-refractivity contribution in [3.63, 3.8) is 0 Å². The molecular weight excluding hydrogens is 348 g/mol. The number of Topliss-reactive ketones (excluding diaryl/α,β-unsaturated/α-hetero) is 1. The molecule has 0 radical (unpaired) electrons. The number of rotatable bonds is 9. The molecule has 0 aliphatic carbocycles. The first-order valence-corrected chi connectivity index (χ1v) is 9.31. The van der Waals surface area contributed by atoms with Crippen LogP contribution in [0, 0.1) is 0 Å². The van der Waals surface area contributed by atoms with Crippen LogP contribution < -0.4 is 5.32 Å². The molecule has 0 saturated heterocycles. The first kappa shape index (κ1) is 18.3. The number of aromatic nitrogens is 1. The van der Waals surface area contributed by atoms with Crippen LogP contribution in [0.3, 0.4) is 0 Å². The SMILES string of the molecule is CCOC(=O)Cc1csc(NC(=O)CCCC(=O)c2cccs2)n1. The molecular formula is C16H18N2O4S2. The van der Waals surface area contributed by atoms with Gasteiger partial charge in [0, 0.05) is 18.2 Å². The van der Waals surface area contributed by atoms with Gasteiger partial charge in [0.15, 0.2) is 10.9 Å². The molecule has 24 heavy (non-hydrogen) atoms. The fourth-order valence-electron chi connectivity index (χ4n) is 1.96. The molecule has 2 aromatic heterocycles.